The van der Waals surface area contributed by atoms with Gasteiger partial charge in [0, 0.05) is 12.1 Å². The van der Waals surface area contributed by atoms with Gasteiger partial charge in [-0.1, -0.05) is 43.3 Å². The van der Waals surface area contributed by atoms with Gasteiger partial charge in [0.2, 0.25) is 0 Å². The fourth-order valence-electron chi connectivity index (χ4n) is 7.46. The van der Waals surface area contributed by atoms with Crippen LogP contribution in [0.3, 0.4) is 0 Å². The fourth-order valence-corrected chi connectivity index (χ4v) is 7.46. The molecule has 6 unspecified atom stereocenters. The van der Waals surface area contributed by atoms with Crippen LogP contribution >= 0.6 is 0 Å². The monoisotopic (exact) mass is 527 g/mol. The number of hydrogen-bond acceptors (Lipinski definition) is 6. The number of aliphatic hydroxyl groups excluding tert-OH is 1. The summed E-state index contributed by atoms with van der Waals surface area (Å²) in [6.07, 6.45) is 3.64. The molecule has 39 heavy (non-hydrogen) atoms. The van der Waals surface area contributed by atoms with E-state index in [0.717, 1.165) is 37.0 Å². The van der Waals surface area contributed by atoms with Crippen LogP contribution in [0, 0.1) is 33.3 Å². The van der Waals surface area contributed by atoms with Gasteiger partial charge in [-0.2, -0.15) is 0 Å². The van der Waals surface area contributed by atoms with Crippen LogP contribution < -0.4 is 9.47 Å². The van der Waals surface area contributed by atoms with E-state index >= 15 is 0 Å². The van der Waals surface area contributed by atoms with E-state index in [0.29, 0.717) is 24.9 Å². The van der Waals surface area contributed by atoms with Crippen LogP contribution in [0.15, 0.2) is 72.8 Å². The zero-order valence-corrected chi connectivity index (χ0v) is 22.0. The molecular weight excluding hydrogens is 494 g/mol. The number of nitro groups is 1. The summed E-state index contributed by atoms with van der Waals surface area (Å²) < 4.78 is 11.7. The minimum atomic E-state index is -0.774. The smallest absolute Gasteiger partial charge is 0.316 e. The Bertz CT molecular complexity index is 1370. The van der Waals surface area contributed by atoms with Crippen molar-refractivity contribution in [3.63, 3.8) is 0 Å². The number of aliphatic hydroxyl groups is 1. The Kier molecular flexibility index (Phi) is 6.63. The van der Waals surface area contributed by atoms with Crippen LogP contribution in [-0.4, -0.2) is 22.1 Å². The molecule has 0 radical (unpaired) electrons. The Balaban J connectivity index is 1.15. The van der Waals surface area contributed by atoms with Crippen molar-refractivity contribution in [1.82, 2.24) is 0 Å². The Morgan fingerprint density at radius 2 is 1.79 bits per heavy atom. The third-order valence-electron chi connectivity index (χ3n) is 9.52. The van der Waals surface area contributed by atoms with Gasteiger partial charge in [-0.25, -0.2) is 0 Å². The van der Waals surface area contributed by atoms with Gasteiger partial charge in [0.25, 0.3) is 5.69 Å². The number of benzene rings is 3. The number of aryl methyl sites for hydroxylation is 1. The molecule has 0 aliphatic heterocycles. The first-order valence-corrected chi connectivity index (χ1v) is 13.8. The van der Waals surface area contributed by atoms with E-state index < -0.39 is 22.9 Å². The minimum absolute atomic E-state index is 0.0623. The molecule has 0 bridgehead atoms. The van der Waals surface area contributed by atoms with Crippen molar-refractivity contribution in [2.75, 3.05) is 0 Å². The molecule has 3 aliphatic rings. The number of ether oxygens (including phenoxy) is 2. The highest BCUT2D eigenvalue weighted by atomic mass is 16.6. The van der Waals surface area contributed by atoms with Gasteiger partial charge in [-0.3, -0.25) is 14.9 Å². The maximum atomic E-state index is 13.2. The molecule has 3 aromatic rings. The van der Waals surface area contributed by atoms with Gasteiger partial charge >= 0.3 is 5.97 Å². The van der Waals surface area contributed by atoms with Crippen LogP contribution in [0.1, 0.15) is 55.2 Å². The Morgan fingerprint density at radius 3 is 2.54 bits per heavy atom. The number of non-ortho nitro benzene ring substituents is 1. The lowest BCUT2D eigenvalue weighted by atomic mass is 9.55. The summed E-state index contributed by atoms with van der Waals surface area (Å²) in [5.41, 5.74) is 3.47. The number of fused-ring (bicyclic) bond motifs is 5. The van der Waals surface area contributed by atoms with Crippen LogP contribution in [0.2, 0.25) is 0 Å². The molecule has 0 spiro atoms. The summed E-state index contributed by atoms with van der Waals surface area (Å²) >= 11 is 0. The van der Waals surface area contributed by atoms with Gasteiger partial charge in [-0.05, 0) is 96.2 Å². The molecule has 202 valence electrons. The lowest BCUT2D eigenvalue weighted by molar-refractivity contribution is -0.384. The molecule has 0 heterocycles. The first-order valence-electron chi connectivity index (χ1n) is 13.8. The zero-order valence-electron chi connectivity index (χ0n) is 22.0. The molecular formula is C32H33NO6. The quantitative estimate of drug-likeness (QED) is 0.177. The van der Waals surface area contributed by atoms with Crippen molar-refractivity contribution >= 4 is 11.7 Å². The predicted molar refractivity (Wildman–Crippen MR) is 145 cm³/mol. The number of carbonyl (C=O) groups excluding carboxylic acids is 1. The van der Waals surface area contributed by atoms with Crippen molar-refractivity contribution in [2.24, 2.45) is 23.2 Å². The number of esters is 1. The normalized spacial score (nSPS) is 29.0. The number of nitro benzene ring substituents is 1. The van der Waals surface area contributed by atoms with Crippen molar-refractivity contribution in [2.45, 2.75) is 57.7 Å². The summed E-state index contributed by atoms with van der Waals surface area (Å²) in [4.78, 5) is 23.6. The molecule has 0 amide bonds. The molecule has 7 nitrogen and oxygen atoms in total. The van der Waals surface area contributed by atoms with E-state index in [1.165, 1.54) is 35.4 Å². The Morgan fingerprint density at radius 1 is 1.05 bits per heavy atom. The third-order valence-corrected chi connectivity index (χ3v) is 9.52. The molecule has 7 heteroatoms. The van der Waals surface area contributed by atoms with Gasteiger partial charge in [-0.15, -0.1) is 0 Å². The van der Waals surface area contributed by atoms with Gasteiger partial charge in [0.15, 0.2) is 0 Å². The molecule has 2 saturated carbocycles. The van der Waals surface area contributed by atoms with Gasteiger partial charge in [0.05, 0.1) is 16.9 Å². The lowest BCUT2D eigenvalue weighted by Crippen LogP contribution is -2.45. The summed E-state index contributed by atoms with van der Waals surface area (Å²) in [7, 11) is 0. The van der Waals surface area contributed by atoms with Crippen LogP contribution in [0.4, 0.5) is 5.69 Å². The predicted octanol–water partition coefficient (Wildman–Crippen LogP) is 6.22. The van der Waals surface area contributed by atoms with E-state index in [2.05, 4.69) is 37.3 Å². The van der Waals surface area contributed by atoms with Crippen molar-refractivity contribution < 1.29 is 24.3 Å². The summed E-state index contributed by atoms with van der Waals surface area (Å²) in [5, 5.41) is 22.3. The zero-order chi connectivity index (χ0) is 27.1. The summed E-state index contributed by atoms with van der Waals surface area (Å²) in [6, 6.07) is 22.1. The lowest BCUT2D eigenvalue weighted by Gasteiger charge is -2.50. The first-order chi connectivity index (χ1) is 18.8. The molecule has 2 fully saturated rings. The molecule has 6 atom stereocenters. The Hall–Kier alpha value is -3.71. The highest BCUT2D eigenvalue weighted by Crippen LogP contribution is 2.62. The van der Waals surface area contributed by atoms with E-state index in [1.54, 1.807) is 0 Å². The standard InChI is InChI=1S/C32H33NO6/c1-32-16-15-26-25-14-12-24(38-19-20-5-3-2-4-6-20)17-21(25)7-13-27(26)29(32)18-28(30(32)34)31(35)39-23-10-8-22(9-11-23)33(36)37/h2-6,8-12,14,17,26-30,34H,7,13,15-16,18-19H2,1H3. The van der Waals surface area contributed by atoms with Crippen molar-refractivity contribution in [3.05, 3.63) is 99.6 Å². The summed E-state index contributed by atoms with van der Waals surface area (Å²) in [6.45, 7) is 2.68. The van der Waals surface area contributed by atoms with Crippen LogP contribution in [0.25, 0.3) is 0 Å². The third kappa shape index (κ3) is 4.69. The van der Waals surface area contributed by atoms with E-state index in [-0.39, 0.29) is 22.8 Å². The van der Waals surface area contributed by atoms with Gasteiger partial charge in [0.1, 0.15) is 18.1 Å². The number of nitrogens with zero attached hydrogens (tertiary/aromatic N) is 1. The largest absolute Gasteiger partial charge is 0.489 e. The average molecular weight is 528 g/mol. The van der Waals surface area contributed by atoms with Crippen molar-refractivity contribution in [3.8, 4) is 11.5 Å². The van der Waals surface area contributed by atoms with E-state index in [4.69, 9.17) is 9.47 Å². The first kappa shape index (κ1) is 25.6. The highest BCUT2D eigenvalue weighted by molar-refractivity contribution is 5.76. The fraction of sp³-hybridized carbons (Fsp3) is 0.406. The molecule has 1 N–H and O–H groups in total. The summed E-state index contributed by atoms with van der Waals surface area (Å²) in [5.74, 6) is 1.12. The molecule has 3 aliphatic carbocycles. The maximum absolute atomic E-state index is 13.2. The molecule has 0 aromatic heterocycles. The second-order valence-electron chi connectivity index (χ2n) is 11.6. The average Bonchev–Trinajstić information content (AvgIpc) is 3.23. The molecule has 3 aromatic carbocycles. The van der Waals surface area contributed by atoms with Crippen LogP contribution in [-0.2, 0) is 17.8 Å². The second kappa shape index (κ2) is 10.1. The number of carbonyl (C=O) groups is 1. The minimum Gasteiger partial charge on any atom is -0.489 e. The number of hydrogen-bond donors (Lipinski definition) is 1. The van der Waals surface area contributed by atoms with Crippen molar-refractivity contribution in [1.29, 1.82) is 0 Å². The Labute approximate surface area is 227 Å². The highest BCUT2D eigenvalue weighted by Gasteiger charge is 2.60. The van der Waals surface area contributed by atoms with Crippen LogP contribution in [0.5, 0.6) is 11.5 Å². The van der Waals surface area contributed by atoms with E-state index in [9.17, 15) is 20.0 Å². The topological polar surface area (TPSA) is 98.9 Å². The van der Waals surface area contributed by atoms with E-state index in [1.807, 2.05) is 18.2 Å². The maximum Gasteiger partial charge on any atom is 0.316 e. The molecule has 0 saturated heterocycles. The van der Waals surface area contributed by atoms with Gasteiger partial charge < -0.3 is 14.6 Å². The SMILES string of the molecule is CC12CCC3c4ccc(OCc5ccccc5)cc4CCC3C1CC(C(=O)Oc1ccc([N+](=O)[O-])cc1)C2O. The number of rotatable bonds is 6. The molecule has 6 rings (SSSR count). The second-order valence-corrected chi connectivity index (χ2v) is 11.6.